The van der Waals surface area contributed by atoms with Crippen molar-refractivity contribution in [1.82, 2.24) is 0 Å². The van der Waals surface area contributed by atoms with Gasteiger partial charge in [0.15, 0.2) is 0 Å². The summed E-state index contributed by atoms with van der Waals surface area (Å²) in [5.41, 5.74) is 25.3. The van der Waals surface area contributed by atoms with Gasteiger partial charge in [-0.3, -0.25) is 0 Å². The van der Waals surface area contributed by atoms with Crippen LogP contribution in [-0.2, 0) is 34.5 Å². The van der Waals surface area contributed by atoms with Gasteiger partial charge < -0.3 is 4.74 Å². The van der Waals surface area contributed by atoms with Crippen molar-refractivity contribution in [3.63, 3.8) is 0 Å². The number of rotatable bonds is 4. The maximum Gasteiger partial charge on any atom is 0.122 e. The number of fused-ring (bicyclic) bond motifs is 9. The summed E-state index contributed by atoms with van der Waals surface area (Å²) >= 11 is 0. The van der Waals surface area contributed by atoms with Crippen molar-refractivity contribution in [3.8, 4) is 28.0 Å². The molecule has 7 aromatic rings. The van der Waals surface area contributed by atoms with E-state index in [0.717, 1.165) is 25.2 Å². The lowest BCUT2D eigenvalue weighted by Gasteiger charge is -2.25. The average molecular weight is 1300 g/mol. The zero-order valence-corrected chi connectivity index (χ0v) is 64.0. The van der Waals surface area contributed by atoms with Crippen LogP contribution in [0.3, 0.4) is 0 Å². The van der Waals surface area contributed by atoms with Crippen molar-refractivity contribution in [3.05, 3.63) is 269 Å². The van der Waals surface area contributed by atoms with Gasteiger partial charge >= 0.3 is 0 Å². The molecule has 0 amide bonds. The van der Waals surface area contributed by atoms with Crippen LogP contribution in [0.25, 0.3) is 22.3 Å². The van der Waals surface area contributed by atoms with Crippen LogP contribution in [0, 0.1) is 21.7 Å². The molecule has 4 atom stereocenters. The molecule has 1 heteroatoms. The fraction of sp³-hybridized carbons (Fsp3) is 0.479. The lowest BCUT2D eigenvalue weighted by Crippen LogP contribution is -2.18. The smallest absolute Gasteiger partial charge is 0.122 e. The lowest BCUT2D eigenvalue weighted by molar-refractivity contribution is 0.272. The van der Waals surface area contributed by atoms with Gasteiger partial charge in [-0.05, 0) is 239 Å². The van der Waals surface area contributed by atoms with E-state index in [-0.39, 0.29) is 10.8 Å². The molecule has 9 aliphatic rings. The van der Waals surface area contributed by atoms with E-state index in [1.165, 1.54) is 170 Å². The third-order valence-corrected chi connectivity index (χ3v) is 24.8. The van der Waals surface area contributed by atoms with Crippen molar-refractivity contribution in [2.24, 2.45) is 21.7 Å². The minimum atomic E-state index is 0.160. The molecule has 4 unspecified atom stereocenters. The van der Waals surface area contributed by atoms with Crippen LogP contribution in [0.1, 0.15) is 283 Å². The first-order valence-electron chi connectivity index (χ1n) is 38.1. The minimum Gasteiger partial charge on any atom is -0.493 e. The van der Waals surface area contributed by atoms with Gasteiger partial charge in [0.25, 0.3) is 0 Å². The van der Waals surface area contributed by atoms with Gasteiger partial charge in [-0.1, -0.05) is 330 Å². The SMILES string of the molecule is C=C1CCCC1(C)C.C=C1CCCC1(C)CC.CC1(C)C=CCC1.CC1(C)CCc2ccccc21.CC1(C)c2ccccc2-c2ccccc21.CC1CCOc2ccccc21.CCC1(C)C=CCC1.CCC1(C)CCc2ccccc21.CCC1(C)c2ccccc2-c2ccccc21. The van der Waals surface area contributed by atoms with E-state index in [9.17, 15) is 0 Å². The maximum atomic E-state index is 5.49. The first kappa shape index (κ1) is 76.1. The Morgan fingerprint density at radius 2 is 0.845 bits per heavy atom. The number of ether oxygens (including phenoxy) is 1. The fourth-order valence-electron chi connectivity index (χ4n) is 16.3. The highest BCUT2D eigenvalue weighted by Gasteiger charge is 2.38. The Morgan fingerprint density at radius 3 is 1.25 bits per heavy atom. The second-order valence-electron chi connectivity index (χ2n) is 33.3. The molecule has 0 bridgehead atoms. The van der Waals surface area contributed by atoms with E-state index >= 15 is 0 Å². The minimum absolute atomic E-state index is 0.160. The highest BCUT2D eigenvalue weighted by atomic mass is 16.5. The van der Waals surface area contributed by atoms with Gasteiger partial charge in [-0.15, -0.1) is 0 Å². The van der Waals surface area contributed by atoms with Crippen molar-refractivity contribution in [2.75, 3.05) is 6.61 Å². The standard InChI is InChI=1S/C16H16.C15H14.C12H16.C11H14.C10H12O.C9H16.2C8H14.C7H12/c1-3-16(2)14-10-6-4-8-12(14)13-9-5-7-11-15(13)16;1-15(2)13-9-5-3-7-11(13)12-8-4-6-10-14(12)15;1-3-12(2)9-8-10-6-4-5-7-11(10)12;1-11(2)8-7-9-5-3-4-6-10(9)11;1-8-6-7-11-10-5-3-2-4-9(8)10;1-4-9(3)7-5-6-8(9)2;1-7-5-4-6-8(7,2)3;1-3-8(2)6-4-5-7-8;1-7(2)5-3-4-6-7/h4-11H,3H2,1-2H3;3-10H,1-2H3;4-7H,3,8-9H2,1-2H3;3-6H,7-8H2,1-2H3;2-5,8H,6-7H2,1H3;2,4-7H2,1,3H3;1,4-6H2,2-3H3;4,6H,3,5,7H2,1-2H3;3,5H,4,6H2,1-2H3. The summed E-state index contributed by atoms with van der Waals surface area (Å²) in [6.07, 6.45) is 33.8. The predicted molar refractivity (Wildman–Crippen MR) is 425 cm³/mol. The predicted octanol–water partition coefficient (Wildman–Crippen LogP) is 28.2. The summed E-state index contributed by atoms with van der Waals surface area (Å²) in [6.45, 7) is 48.1. The molecular weight excluding hydrogens is 1170 g/mol. The molecule has 0 spiro atoms. The van der Waals surface area contributed by atoms with Crippen LogP contribution in [0.4, 0.5) is 0 Å². The highest BCUT2D eigenvalue weighted by molar-refractivity contribution is 5.81. The summed E-state index contributed by atoms with van der Waals surface area (Å²) in [5, 5.41) is 0. The summed E-state index contributed by atoms with van der Waals surface area (Å²) in [5.74, 6) is 1.74. The quantitative estimate of drug-likeness (QED) is 0.160. The molecular formula is C96H128O. The first-order valence-corrected chi connectivity index (χ1v) is 38.1. The molecule has 2 fully saturated rings. The summed E-state index contributed by atoms with van der Waals surface area (Å²) < 4.78 is 5.49. The number of hydrogen-bond acceptors (Lipinski definition) is 1. The third kappa shape index (κ3) is 18.4. The normalized spacial score (nSPS) is 23.5. The molecule has 0 aromatic heterocycles. The van der Waals surface area contributed by atoms with Gasteiger partial charge in [0.1, 0.15) is 5.75 Å². The Labute approximate surface area is 593 Å². The second kappa shape index (κ2) is 33.0. The summed E-state index contributed by atoms with van der Waals surface area (Å²) in [4.78, 5) is 0. The zero-order valence-electron chi connectivity index (χ0n) is 64.0. The molecule has 0 N–H and O–H groups in total. The van der Waals surface area contributed by atoms with E-state index in [0.29, 0.717) is 38.4 Å². The number of para-hydroxylation sites is 1. The third-order valence-electron chi connectivity index (χ3n) is 24.8. The van der Waals surface area contributed by atoms with Crippen LogP contribution in [-0.4, -0.2) is 6.61 Å². The largest absolute Gasteiger partial charge is 0.493 e. The first-order chi connectivity index (χ1) is 46.1. The van der Waals surface area contributed by atoms with E-state index in [2.05, 4.69) is 313 Å². The Balaban J connectivity index is 0.000000141. The van der Waals surface area contributed by atoms with Gasteiger partial charge in [0, 0.05) is 10.8 Å². The summed E-state index contributed by atoms with van der Waals surface area (Å²) in [6, 6.07) is 61.1. The van der Waals surface area contributed by atoms with Crippen molar-refractivity contribution >= 4 is 0 Å². The van der Waals surface area contributed by atoms with Crippen LogP contribution >= 0.6 is 0 Å². The van der Waals surface area contributed by atoms with Crippen LogP contribution < -0.4 is 4.74 Å². The Hall–Kier alpha value is -6.70. The van der Waals surface area contributed by atoms with E-state index in [4.69, 9.17) is 4.74 Å². The molecule has 8 aliphatic carbocycles. The molecule has 0 saturated heterocycles. The lowest BCUT2D eigenvalue weighted by atomic mass is 9.78. The fourth-order valence-corrected chi connectivity index (χ4v) is 16.3. The number of benzene rings is 7. The van der Waals surface area contributed by atoms with Crippen LogP contribution in [0.5, 0.6) is 5.75 Å². The average Bonchev–Trinajstić information content (AvgIpc) is 1.59. The topological polar surface area (TPSA) is 9.23 Å². The molecule has 518 valence electrons. The zero-order chi connectivity index (χ0) is 70.3. The monoisotopic (exact) mass is 1300 g/mol. The highest BCUT2D eigenvalue weighted by Crippen LogP contribution is 2.51. The molecule has 1 heterocycles. The molecule has 1 aliphatic heterocycles. The number of allylic oxidation sites excluding steroid dienone is 6. The molecule has 1 nitrogen and oxygen atoms in total. The second-order valence-corrected chi connectivity index (χ2v) is 33.3. The number of aryl methyl sites for hydroxylation is 2. The van der Waals surface area contributed by atoms with Gasteiger partial charge in [0.2, 0.25) is 0 Å². The van der Waals surface area contributed by atoms with Crippen molar-refractivity contribution < 1.29 is 4.74 Å². The van der Waals surface area contributed by atoms with Gasteiger partial charge in [-0.2, -0.15) is 0 Å². The van der Waals surface area contributed by atoms with Gasteiger partial charge in [-0.25, -0.2) is 0 Å². The van der Waals surface area contributed by atoms with Crippen LogP contribution in [0.2, 0.25) is 0 Å². The molecule has 97 heavy (non-hydrogen) atoms. The number of hydrogen-bond donors (Lipinski definition) is 0. The van der Waals surface area contributed by atoms with E-state index < -0.39 is 0 Å². The Kier molecular flexibility index (Phi) is 25.9. The summed E-state index contributed by atoms with van der Waals surface area (Å²) in [7, 11) is 0. The van der Waals surface area contributed by atoms with Crippen molar-refractivity contribution in [2.45, 2.75) is 267 Å². The van der Waals surface area contributed by atoms with Gasteiger partial charge in [0.05, 0.1) is 6.61 Å². The van der Waals surface area contributed by atoms with E-state index in [1.54, 1.807) is 22.3 Å². The van der Waals surface area contributed by atoms with E-state index in [1.807, 2.05) is 12.1 Å². The Morgan fingerprint density at radius 1 is 0.392 bits per heavy atom. The molecule has 7 aromatic carbocycles. The van der Waals surface area contributed by atoms with Crippen molar-refractivity contribution in [1.29, 1.82) is 0 Å². The Bertz CT molecular complexity index is 3670. The molecule has 2 saturated carbocycles. The molecule has 0 radical (unpaired) electrons. The van der Waals surface area contributed by atoms with Crippen LogP contribution in [0.15, 0.2) is 218 Å². The maximum absolute atomic E-state index is 5.49. The molecule has 16 rings (SSSR count).